The second-order valence-corrected chi connectivity index (χ2v) is 7.23. The number of ether oxygens (including phenoxy) is 1. The van der Waals surface area contributed by atoms with Gasteiger partial charge in [0.25, 0.3) is 0 Å². The lowest BCUT2D eigenvalue weighted by Crippen LogP contribution is -2.25. The molecule has 2 aromatic rings. The highest BCUT2D eigenvalue weighted by atomic mass is 32.2. The number of rotatable bonds is 8. The highest BCUT2D eigenvalue weighted by Gasteiger charge is 2.20. The molecule has 0 aliphatic heterocycles. The third kappa shape index (κ3) is 4.56. The molecule has 0 atom stereocenters. The molecule has 0 saturated heterocycles. The Balaban J connectivity index is 1.95. The van der Waals surface area contributed by atoms with Gasteiger partial charge in [-0.05, 0) is 49.9 Å². The van der Waals surface area contributed by atoms with Gasteiger partial charge in [0.2, 0.25) is 10.0 Å². The van der Waals surface area contributed by atoms with Crippen molar-refractivity contribution in [3.05, 3.63) is 42.0 Å². The molecule has 0 unspecified atom stereocenters. The number of sulfonamides is 1. The van der Waals surface area contributed by atoms with Crippen molar-refractivity contribution in [1.29, 1.82) is 0 Å². The minimum absolute atomic E-state index is 0.192. The van der Waals surface area contributed by atoms with Gasteiger partial charge in [0.1, 0.15) is 10.6 Å². The predicted molar refractivity (Wildman–Crippen MR) is 89.1 cm³/mol. The molecule has 1 aromatic heterocycles. The summed E-state index contributed by atoms with van der Waals surface area (Å²) in [5.41, 5.74) is 1.92. The number of imidazole rings is 1. The fourth-order valence-electron chi connectivity index (χ4n) is 2.26. The van der Waals surface area contributed by atoms with E-state index < -0.39 is 10.0 Å². The first-order valence-electron chi connectivity index (χ1n) is 7.54. The lowest BCUT2D eigenvalue weighted by atomic mass is 10.1. The number of hydrogen-bond donors (Lipinski definition) is 1. The van der Waals surface area contributed by atoms with Crippen LogP contribution in [-0.4, -0.2) is 31.6 Å². The first kappa shape index (κ1) is 17.5. The van der Waals surface area contributed by atoms with Crippen molar-refractivity contribution in [3.63, 3.8) is 0 Å². The minimum atomic E-state index is -3.57. The lowest BCUT2D eigenvalue weighted by Gasteiger charge is -2.13. The Kier molecular flexibility index (Phi) is 5.79. The van der Waals surface area contributed by atoms with Crippen molar-refractivity contribution >= 4 is 10.0 Å². The predicted octanol–water partition coefficient (Wildman–Crippen LogP) is 2.27. The fourth-order valence-corrected chi connectivity index (χ4v) is 3.56. The van der Waals surface area contributed by atoms with Gasteiger partial charge in [-0.25, -0.2) is 18.1 Å². The van der Waals surface area contributed by atoms with Gasteiger partial charge in [0.05, 0.1) is 13.4 Å². The molecule has 0 aliphatic rings. The summed E-state index contributed by atoms with van der Waals surface area (Å²) in [7, 11) is -2.09. The van der Waals surface area contributed by atoms with Crippen LogP contribution in [-0.2, 0) is 16.6 Å². The van der Waals surface area contributed by atoms with E-state index in [0.29, 0.717) is 12.3 Å². The van der Waals surface area contributed by atoms with Crippen molar-refractivity contribution in [2.75, 3.05) is 13.7 Å². The number of nitrogens with one attached hydrogen (secondary N) is 1. The van der Waals surface area contributed by atoms with E-state index in [1.54, 1.807) is 24.7 Å². The summed E-state index contributed by atoms with van der Waals surface area (Å²) in [4.78, 5) is 4.16. The average Bonchev–Trinajstić information content (AvgIpc) is 3.02. The molecule has 0 fully saturated rings. The van der Waals surface area contributed by atoms with Crippen LogP contribution in [0.15, 0.2) is 35.7 Å². The van der Waals surface area contributed by atoms with E-state index >= 15 is 0 Å². The van der Waals surface area contributed by atoms with Crippen molar-refractivity contribution in [2.24, 2.45) is 0 Å². The van der Waals surface area contributed by atoms with Gasteiger partial charge >= 0.3 is 0 Å². The fraction of sp³-hybridized carbons (Fsp3) is 0.438. The third-order valence-electron chi connectivity index (χ3n) is 3.76. The quantitative estimate of drug-likeness (QED) is 0.750. The maximum absolute atomic E-state index is 12.5. The molecular weight excluding hydrogens is 314 g/mol. The van der Waals surface area contributed by atoms with Gasteiger partial charge in [-0.3, -0.25) is 0 Å². The molecular formula is C16H23N3O3S. The molecule has 0 aliphatic carbocycles. The SMILES string of the molecule is COc1cc(C)c(C)cc1S(=O)(=O)NCCCCn1ccnc1. The summed E-state index contributed by atoms with van der Waals surface area (Å²) in [5, 5.41) is 0. The molecule has 0 amide bonds. The third-order valence-corrected chi connectivity index (χ3v) is 5.25. The topological polar surface area (TPSA) is 73.2 Å². The molecule has 0 saturated carbocycles. The Morgan fingerprint density at radius 2 is 1.96 bits per heavy atom. The molecule has 6 nitrogen and oxygen atoms in total. The maximum Gasteiger partial charge on any atom is 0.244 e. The van der Waals surface area contributed by atoms with E-state index in [0.717, 1.165) is 30.5 Å². The summed E-state index contributed by atoms with van der Waals surface area (Å²) in [6.45, 7) is 5.04. The zero-order chi connectivity index (χ0) is 16.9. The van der Waals surface area contributed by atoms with Crippen LogP contribution >= 0.6 is 0 Å². The first-order valence-corrected chi connectivity index (χ1v) is 9.03. The molecule has 1 heterocycles. The van der Waals surface area contributed by atoms with Crippen molar-refractivity contribution in [2.45, 2.75) is 38.1 Å². The molecule has 126 valence electrons. The smallest absolute Gasteiger partial charge is 0.244 e. The molecule has 7 heteroatoms. The van der Waals surface area contributed by atoms with E-state index in [4.69, 9.17) is 4.74 Å². The monoisotopic (exact) mass is 337 g/mol. The molecule has 0 radical (unpaired) electrons. The molecule has 1 aromatic carbocycles. The van der Waals surface area contributed by atoms with E-state index in [1.165, 1.54) is 7.11 Å². The first-order chi connectivity index (χ1) is 10.9. The Morgan fingerprint density at radius 1 is 1.22 bits per heavy atom. The number of unbranched alkanes of at least 4 members (excludes halogenated alkanes) is 1. The normalized spacial score (nSPS) is 11.6. The van der Waals surface area contributed by atoms with E-state index in [1.807, 2.05) is 24.6 Å². The highest BCUT2D eigenvalue weighted by Crippen LogP contribution is 2.27. The van der Waals surface area contributed by atoms with Crippen molar-refractivity contribution < 1.29 is 13.2 Å². The molecule has 2 rings (SSSR count). The Labute approximate surface area is 137 Å². The maximum atomic E-state index is 12.5. The highest BCUT2D eigenvalue weighted by molar-refractivity contribution is 7.89. The Morgan fingerprint density at radius 3 is 2.61 bits per heavy atom. The number of hydrogen-bond acceptors (Lipinski definition) is 4. The van der Waals surface area contributed by atoms with Crippen LogP contribution in [0.4, 0.5) is 0 Å². The number of aromatic nitrogens is 2. The van der Waals surface area contributed by atoms with Gasteiger partial charge in [-0.2, -0.15) is 0 Å². The molecule has 0 bridgehead atoms. The van der Waals surface area contributed by atoms with Gasteiger partial charge in [-0.1, -0.05) is 0 Å². The molecule has 23 heavy (non-hydrogen) atoms. The van der Waals surface area contributed by atoms with Crippen LogP contribution in [0.25, 0.3) is 0 Å². The van der Waals surface area contributed by atoms with Crippen molar-refractivity contribution in [3.8, 4) is 5.75 Å². The number of methoxy groups -OCH3 is 1. The summed E-state index contributed by atoms with van der Waals surface area (Å²) in [5.74, 6) is 0.374. The number of nitrogens with zero attached hydrogens (tertiary/aromatic N) is 2. The van der Waals surface area contributed by atoms with Crippen LogP contribution in [0.1, 0.15) is 24.0 Å². The average molecular weight is 337 g/mol. The Bertz CT molecular complexity index is 740. The van der Waals surface area contributed by atoms with Crippen LogP contribution in [0.2, 0.25) is 0 Å². The standard InChI is InChI=1S/C16H23N3O3S/c1-13-10-15(22-3)16(11-14(13)2)23(20,21)18-6-4-5-8-19-9-7-17-12-19/h7,9-12,18H,4-6,8H2,1-3H3. The second kappa shape index (κ2) is 7.61. The minimum Gasteiger partial charge on any atom is -0.495 e. The van der Waals surface area contributed by atoms with E-state index in [2.05, 4.69) is 9.71 Å². The zero-order valence-electron chi connectivity index (χ0n) is 13.7. The summed E-state index contributed by atoms with van der Waals surface area (Å²) < 4.78 is 34.8. The summed E-state index contributed by atoms with van der Waals surface area (Å²) in [6, 6.07) is 3.41. The lowest BCUT2D eigenvalue weighted by molar-refractivity contribution is 0.401. The largest absolute Gasteiger partial charge is 0.495 e. The van der Waals surface area contributed by atoms with Crippen molar-refractivity contribution in [1.82, 2.24) is 14.3 Å². The summed E-state index contributed by atoms with van der Waals surface area (Å²) in [6.07, 6.45) is 7.01. The zero-order valence-corrected chi connectivity index (χ0v) is 14.6. The molecule has 0 spiro atoms. The number of aryl methyl sites for hydroxylation is 3. The van der Waals surface area contributed by atoms with Gasteiger partial charge in [0.15, 0.2) is 0 Å². The molecule has 1 N–H and O–H groups in total. The van der Waals surface area contributed by atoms with Crippen LogP contribution in [0, 0.1) is 13.8 Å². The van der Waals surface area contributed by atoms with E-state index in [-0.39, 0.29) is 4.90 Å². The second-order valence-electron chi connectivity index (χ2n) is 5.49. The van der Waals surface area contributed by atoms with Gasteiger partial charge in [-0.15, -0.1) is 0 Å². The summed E-state index contributed by atoms with van der Waals surface area (Å²) >= 11 is 0. The van der Waals surface area contributed by atoms with Crippen LogP contribution in [0.5, 0.6) is 5.75 Å². The van der Waals surface area contributed by atoms with Gasteiger partial charge in [0, 0.05) is 25.5 Å². The van der Waals surface area contributed by atoms with Crippen LogP contribution in [0.3, 0.4) is 0 Å². The number of benzene rings is 1. The van der Waals surface area contributed by atoms with E-state index in [9.17, 15) is 8.42 Å². The van der Waals surface area contributed by atoms with Crippen LogP contribution < -0.4 is 9.46 Å². The van der Waals surface area contributed by atoms with Gasteiger partial charge < -0.3 is 9.30 Å². The Hall–Kier alpha value is -1.86.